The summed E-state index contributed by atoms with van der Waals surface area (Å²) in [5.74, 6) is 6.13. The first kappa shape index (κ1) is 18.9. The van der Waals surface area contributed by atoms with Crippen LogP contribution in [0.1, 0.15) is 29.2 Å². The first-order valence-electron chi connectivity index (χ1n) is 8.79. The molecule has 0 heterocycles. The van der Waals surface area contributed by atoms with Crippen molar-refractivity contribution in [2.75, 3.05) is 0 Å². The van der Waals surface area contributed by atoms with Crippen molar-refractivity contribution in [3.05, 3.63) is 101 Å². The van der Waals surface area contributed by atoms with Crippen molar-refractivity contribution in [2.24, 2.45) is 0 Å². The molecule has 0 fully saturated rings. The van der Waals surface area contributed by atoms with Crippen LogP contribution in [0.25, 0.3) is 0 Å². The highest BCUT2D eigenvalue weighted by Gasteiger charge is 2.40. The molecule has 0 aliphatic rings. The molecule has 0 aliphatic carbocycles. The zero-order valence-corrected chi connectivity index (χ0v) is 16.5. The summed E-state index contributed by atoms with van der Waals surface area (Å²) in [6.07, 6.45) is 0. The second kappa shape index (κ2) is 7.42. The monoisotopic (exact) mass is 374 g/mol. The Morgan fingerprint density at radius 2 is 1.26 bits per heavy atom. The minimum absolute atomic E-state index is 0.276. The van der Waals surface area contributed by atoms with Gasteiger partial charge >= 0.3 is 0 Å². The maximum absolute atomic E-state index is 13.5. The number of hydrogen-bond donors (Lipinski definition) is 0. The predicted octanol–water partition coefficient (Wildman–Crippen LogP) is 5.04. The van der Waals surface area contributed by atoms with Crippen molar-refractivity contribution in [3.63, 3.8) is 0 Å². The van der Waals surface area contributed by atoms with Gasteiger partial charge in [0.2, 0.25) is 0 Å². The standard InChI is InChI=1S/C24H22O2S/c1-19-9-13-21(14-10-19)17-18-24(3,22-7-5-4-6-8-22)27(25,26)23-15-11-20(2)12-16-23/h4-16H,1-3H3. The van der Waals surface area contributed by atoms with Crippen LogP contribution in [0.2, 0.25) is 0 Å². The Hall–Kier alpha value is -2.83. The minimum atomic E-state index is -3.72. The molecule has 0 radical (unpaired) electrons. The molecule has 3 heteroatoms. The van der Waals surface area contributed by atoms with Crippen LogP contribution in [-0.4, -0.2) is 8.42 Å². The van der Waals surface area contributed by atoms with Crippen molar-refractivity contribution in [1.82, 2.24) is 0 Å². The largest absolute Gasteiger partial charge is 0.222 e. The second-order valence-electron chi connectivity index (χ2n) is 6.83. The molecule has 0 amide bonds. The van der Waals surface area contributed by atoms with E-state index in [1.54, 1.807) is 19.1 Å². The van der Waals surface area contributed by atoms with E-state index in [1.807, 2.05) is 80.6 Å². The molecule has 27 heavy (non-hydrogen) atoms. The first-order chi connectivity index (χ1) is 12.8. The fraction of sp³-hybridized carbons (Fsp3) is 0.167. The van der Waals surface area contributed by atoms with Crippen LogP contribution >= 0.6 is 0 Å². The Balaban J connectivity index is 2.17. The van der Waals surface area contributed by atoms with Crippen LogP contribution < -0.4 is 0 Å². The minimum Gasteiger partial charge on any atom is -0.222 e. The van der Waals surface area contributed by atoms with Gasteiger partial charge in [0.1, 0.15) is 0 Å². The van der Waals surface area contributed by atoms with Gasteiger partial charge in [-0.3, -0.25) is 0 Å². The van der Waals surface area contributed by atoms with Crippen LogP contribution in [0.5, 0.6) is 0 Å². The summed E-state index contributed by atoms with van der Waals surface area (Å²) in [6.45, 7) is 5.62. The molecule has 0 spiro atoms. The van der Waals surface area contributed by atoms with E-state index in [9.17, 15) is 8.42 Å². The molecule has 0 saturated heterocycles. The second-order valence-corrected chi connectivity index (χ2v) is 9.13. The van der Waals surface area contributed by atoms with Crippen molar-refractivity contribution < 1.29 is 8.42 Å². The molecule has 2 nitrogen and oxygen atoms in total. The molecular formula is C24H22O2S. The quantitative estimate of drug-likeness (QED) is 0.602. The van der Waals surface area contributed by atoms with Crippen LogP contribution in [-0.2, 0) is 14.6 Å². The average Bonchev–Trinajstić information content (AvgIpc) is 2.68. The summed E-state index contributed by atoms with van der Waals surface area (Å²) >= 11 is 0. The number of sulfone groups is 1. The van der Waals surface area contributed by atoms with E-state index in [4.69, 9.17) is 0 Å². The average molecular weight is 375 g/mol. The Morgan fingerprint density at radius 3 is 1.81 bits per heavy atom. The van der Waals surface area contributed by atoms with Gasteiger partial charge in [0, 0.05) is 5.56 Å². The van der Waals surface area contributed by atoms with E-state index in [0.717, 1.165) is 16.7 Å². The summed E-state index contributed by atoms with van der Waals surface area (Å²) in [6, 6.07) is 23.9. The topological polar surface area (TPSA) is 34.1 Å². The lowest BCUT2D eigenvalue weighted by Crippen LogP contribution is -2.31. The van der Waals surface area contributed by atoms with Gasteiger partial charge in [-0.25, -0.2) is 8.42 Å². The Kier molecular flexibility index (Phi) is 5.21. The molecule has 0 bridgehead atoms. The number of benzene rings is 3. The van der Waals surface area contributed by atoms with Gasteiger partial charge in [0.15, 0.2) is 14.6 Å². The van der Waals surface area contributed by atoms with Crippen molar-refractivity contribution in [1.29, 1.82) is 0 Å². The Morgan fingerprint density at radius 1 is 0.741 bits per heavy atom. The number of aryl methyl sites for hydroxylation is 2. The van der Waals surface area contributed by atoms with Crippen LogP contribution in [0.4, 0.5) is 0 Å². The summed E-state index contributed by atoms with van der Waals surface area (Å²) < 4.78 is 25.7. The maximum Gasteiger partial charge on any atom is 0.199 e. The molecule has 3 aromatic rings. The molecule has 1 atom stereocenters. The fourth-order valence-corrected chi connectivity index (χ4v) is 4.43. The van der Waals surface area contributed by atoms with E-state index < -0.39 is 14.6 Å². The summed E-state index contributed by atoms with van der Waals surface area (Å²) in [5, 5.41) is 0. The van der Waals surface area contributed by atoms with Gasteiger partial charge < -0.3 is 0 Å². The third-order valence-electron chi connectivity index (χ3n) is 4.69. The van der Waals surface area contributed by atoms with Gasteiger partial charge in [0.25, 0.3) is 0 Å². The van der Waals surface area contributed by atoms with Crippen LogP contribution in [0.15, 0.2) is 83.8 Å². The summed E-state index contributed by atoms with van der Waals surface area (Å²) in [4.78, 5) is 0.276. The highest BCUT2D eigenvalue weighted by molar-refractivity contribution is 7.92. The first-order valence-corrected chi connectivity index (χ1v) is 10.3. The molecule has 3 rings (SSSR count). The van der Waals surface area contributed by atoms with Gasteiger partial charge in [-0.2, -0.15) is 0 Å². The third kappa shape index (κ3) is 3.82. The molecule has 1 unspecified atom stereocenters. The lowest BCUT2D eigenvalue weighted by molar-refractivity contribution is 0.572. The lowest BCUT2D eigenvalue weighted by Gasteiger charge is -2.24. The van der Waals surface area contributed by atoms with Crippen molar-refractivity contribution in [2.45, 2.75) is 30.4 Å². The molecular weight excluding hydrogens is 352 g/mol. The van der Waals surface area contributed by atoms with Gasteiger partial charge in [-0.1, -0.05) is 77.6 Å². The molecule has 3 aromatic carbocycles. The van der Waals surface area contributed by atoms with Crippen molar-refractivity contribution >= 4 is 9.84 Å². The highest BCUT2D eigenvalue weighted by Crippen LogP contribution is 2.35. The van der Waals surface area contributed by atoms with E-state index in [0.29, 0.717) is 5.56 Å². The van der Waals surface area contributed by atoms with E-state index in [2.05, 4.69) is 11.8 Å². The van der Waals surface area contributed by atoms with E-state index in [-0.39, 0.29) is 4.90 Å². The molecule has 136 valence electrons. The third-order valence-corrected chi connectivity index (χ3v) is 7.00. The SMILES string of the molecule is Cc1ccc(C#CC(C)(c2ccccc2)S(=O)(=O)c2ccc(C)cc2)cc1. The van der Waals surface area contributed by atoms with Gasteiger partial charge in [0.05, 0.1) is 4.90 Å². The zero-order valence-electron chi connectivity index (χ0n) is 15.7. The van der Waals surface area contributed by atoms with Gasteiger partial charge in [-0.15, -0.1) is 0 Å². The molecule has 0 N–H and O–H groups in total. The normalized spacial score (nSPS) is 13.3. The smallest absolute Gasteiger partial charge is 0.199 e. The Labute approximate surface area is 161 Å². The maximum atomic E-state index is 13.5. The van der Waals surface area contributed by atoms with E-state index >= 15 is 0 Å². The van der Waals surface area contributed by atoms with Gasteiger partial charge in [-0.05, 0) is 50.6 Å². The Bertz CT molecular complexity index is 1090. The number of rotatable bonds is 3. The highest BCUT2D eigenvalue weighted by atomic mass is 32.2. The predicted molar refractivity (Wildman–Crippen MR) is 110 cm³/mol. The summed E-state index contributed by atoms with van der Waals surface area (Å²) in [5.41, 5.74) is 3.60. The fourth-order valence-electron chi connectivity index (χ4n) is 2.83. The lowest BCUT2D eigenvalue weighted by atomic mass is 10.00. The van der Waals surface area contributed by atoms with Crippen LogP contribution in [0, 0.1) is 25.7 Å². The molecule has 0 saturated carbocycles. The summed E-state index contributed by atoms with van der Waals surface area (Å²) in [7, 11) is -3.72. The van der Waals surface area contributed by atoms with Crippen LogP contribution in [0.3, 0.4) is 0 Å². The van der Waals surface area contributed by atoms with Crippen molar-refractivity contribution in [3.8, 4) is 11.8 Å². The van der Waals surface area contributed by atoms with E-state index in [1.165, 1.54) is 0 Å². The number of hydrogen-bond acceptors (Lipinski definition) is 2. The molecule has 0 aromatic heterocycles. The molecule has 0 aliphatic heterocycles. The zero-order chi connectivity index (χ0) is 19.5.